The zero-order valence-electron chi connectivity index (χ0n) is 11.7. The quantitative estimate of drug-likeness (QED) is 0.762. The van der Waals surface area contributed by atoms with Gasteiger partial charge in [0.15, 0.2) is 0 Å². The number of rotatable bonds is 5. The molecule has 3 rings (SSSR count). The summed E-state index contributed by atoms with van der Waals surface area (Å²) < 4.78 is 6.69. The maximum Gasteiger partial charge on any atom is 0.408 e. The molecule has 2 aromatic rings. The Hall–Kier alpha value is -2.90. The Morgan fingerprint density at radius 3 is 2.86 bits per heavy atom. The molecular formula is C14H15N5O3. The second-order valence-corrected chi connectivity index (χ2v) is 4.92. The molecule has 1 aromatic heterocycles. The first-order valence-electron chi connectivity index (χ1n) is 6.82. The van der Waals surface area contributed by atoms with Crippen LogP contribution in [0.4, 0.5) is 4.79 Å². The zero-order chi connectivity index (χ0) is 15.4. The van der Waals surface area contributed by atoms with Gasteiger partial charge in [-0.15, -0.1) is 0 Å². The van der Waals surface area contributed by atoms with E-state index >= 15 is 0 Å². The van der Waals surface area contributed by atoms with Crippen molar-refractivity contribution >= 4 is 12.0 Å². The molecule has 2 amide bonds. The third-order valence-electron chi connectivity index (χ3n) is 3.35. The summed E-state index contributed by atoms with van der Waals surface area (Å²) in [7, 11) is 0. The third-order valence-corrected chi connectivity index (χ3v) is 3.35. The monoisotopic (exact) mass is 301 g/mol. The second-order valence-electron chi connectivity index (χ2n) is 4.92. The predicted octanol–water partition coefficient (Wildman–Crippen LogP) is 0.0715. The van der Waals surface area contributed by atoms with E-state index in [0.717, 1.165) is 5.56 Å². The molecule has 2 heterocycles. The molecule has 0 saturated carbocycles. The minimum atomic E-state index is -0.618. The summed E-state index contributed by atoms with van der Waals surface area (Å²) in [5.74, 6) is -0.234. The lowest BCUT2D eigenvalue weighted by atomic mass is 9.99. The number of carbonyl (C=O) groups excluding carboxylic acids is 2. The lowest BCUT2D eigenvalue weighted by Gasteiger charge is -2.36. The normalized spacial score (nSPS) is 19.9. The van der Waals surface area contributed by atoms with Gasteiger partial charge in [0.25, 0.3) is 0 Å². The average molecular weight is 301 g/mol. The minimum Gasteiger partial charge on any atom is -0.445 e. The molecule has 2 N–H and O–H groups in total. The first-order chi connectivity index (χ1) is 10.7. The van der Waals surface area contributed by atoms with Crippen LogP contribution >= 0.6 is 0 Å². The molecule has 0 radical (unpaired) electrons. The van der Waals surface area contributed by atoms with Crippen LogP contribution in [-0.4, -0.2) is 38.8 Å². The van der Waals surface area contributed by atoms with Crippen molar-refractivity contribution in [2.24, 2.45) is 0 Å². The van der Waals surface area contributed by atoms with Crippen molar-refractivity contribution in [3.8, 4) is 0 Å². The van der Waals surface area contributed by atoms with Crippen LogP contribution in [0.15, 0.2) is 43.0 Å². The zero-order valence-corrected chi connectivity index (χ0v) is 11.7. The van der Waals surface area contributed by atoms with Crippen LogP contribution in [-0.2, 0) is 22.7 Å². The highest BCUT2D eigenvalue weighted by Crippen LogP contribution is 2.09. The summed E-state index contributed by atoms with van der Waals surface area (Å²) in [6.45, 7) is 0.601. The maximum absolute atomic E-state index is 11.8. The van der Waals surface area contributed by atoms with E-state index in [4.69, 9.17) is 4.74 Å². The number of hydrogen-bond acceptors (Lipinski definition) is 5. The third kappa shape index (κ3) is 3.22. The molecule has 1 saturated heterocycles. The molecule has 1 aliphatic rings. The number of hydrogen-bond donors (Lipinski definition) is 2. The summed E-state index contributed by atoms with van der Waals surface area (Å²) in [6.07, 6.45) is 2.35. The lowest BCUT2D eigenvalue weighted by Crippen LogP contribution is -2.70. The highest BCUT2D eigenvalue weighted by molar-refractivity contribution is 5.92. The Balaban J connectivity index is 1.48. The molecule has 0 spiro atoms. The van der Waals surface area contributed by atoms with Gasteiger partial charge in [0.1, 0.15) is 25.3 Å². The molecule has 0 unspecified atom stereocenters. The van der Waals surface area contributed by atoms with E-state index in [1.807, 2.05) is 30.3 Å². The molecule has 2 atom stereocenters. The van der Waals surface area contributed by atoms with Gasteiger partial charge in [-0.3, -0.25) is 9.48 Å². The first kappa shape index (κ1) is 14.1. The number of nitrogens with zero attached hydrogens (tertiary/aromatic N) is 3. The van der Waals surface area contributed by atoms with Gasteiger partial charge in [-0.25, -0.2) is 9.78 Å². The highest BCUT2D eigenvalue weighted by Gasteiger charge is 2.41. The highest BCUT2D eigenvalue weighted by atomic mass is 16.5. The lowest BCUT2D eigenvalue weighted by molar-refractivity contribution is -0.131. The van der Waals surface area contributed by atoms with Crippen LogP contribution in [0.1, 0.15) is 5.56 Å². The number of alkyl carbamates (subject to hydrolysis) is 1. The van der Waals surface area contributed by atoms with E-state index in [9.17, 15) is 9.59 Å². The van der Waals surface area contributed by atoms with Crippen molar-refractivity contribution in [3.63, 3.8) is 0 Å². The van der Waals surface area contributed by atoms with Gasteiger partial charge in [0, 0.05) is 0 Å². The van der Waals surface area contributed by atoms with Crippen molar-refractivity contribution < 1.29 is 14.3 Å². The van der Waals surface area contributed by atoms with Crippen molar-refractivity contribution in [1.82, 2.24) is 25.4 Å². The first-order valence-corrected chi connectivity index (χ1v) is 6.82. The summed E-state index contributed by atoms with van der Waals surface area (Å²) in [5, 5.41) is 9.24. The molecule has 114 valence electrons. The molecule has 0 aliphatic carbocycles. The Labute approximate surface area is 126 Å². The average Bonchev–Trinajstić information content (AvgIpc) is 3.04. The Morgan fingerprint density at radius 1 is 1.36 bits per heavy atom. The van der Waals surface area contributed by atoms with Crippen molar-refractivity contribution in [2.45, 2.75) is 25.2 Å². The standard InChI is InChI=1S/C14H15N5O3/c20-13-12(11(17-13)6-19-9-15-8-16-19)18-14(21)22-7-10-4-2-1-3-5-10/h1-5,8-9,11-12H,6-7H2,(H,17,20)(H,18,21)/t11-,12+/m1/s1. The number of benzene rings is 1. The van der Waals surface area contributed by atoms with E-state index in [1.165, 1.54) is 6.33 Å². The fourth-order valence-electron chi connectivity index (χ4n) is 2.18. The Morgan fingerprint density at radius 2 is 2.18 bits per heavy atom. The number of ether oxygens (including phenoxy) is 1. The van der Waals surface area contributed by atoms with Crippen LogP contribution in [0.3, 0.4) is 0 Å². The van der Waals surface area contributed by atoms with Crippen molar-refractivity contribution in [3.05, 3.63) is 48.5 Å². The Kier molecular flexibility index (Phi) is 3.99. The minimum absolute atomic E-state index is 0.161. The summed E-state index contributed by atoms with van der Waals surface area (Å²) in [6, 6.07) is 8.49. The van der Waals surface area contributed by atoms with Gasteiger partial charge >= 0.3 is 6.09 Å². The van der Waals surface area contributed by atoms with Gasteiger partial charge < -0.3 is 15.4 Å². The summed E-state index contributed by atoms with van der Waals surface area (Å²) in [4.78, 5) is 27.1. The van der Waals surface area contributed by atoms with Crippen LogP contribution < -0.4 is 10.6 Å². The fraction of sp³-hybridized carbons (Fsp3) is 0.286. The summed E-state index contributed by atoms with van der Waals surface area (Å²) >= 11 is 0. The molecule has 8 heteroatoms. The molecule has 0 bridgehead atoms. The van der Waals surface area contributed by atoms with Gasteiger partial charge in [0.2, 0.25) is 5.91 Å². The van der Waals surface area contributed by atoms with Gasteiger partial charge in [-0.1, -0.05) is 30.3 Å². The van der Waals surface area contributed by atoms with E-state index in [0.29, 0.717) is 6.54 Å². The largest absolute Gasteiger partial charge is 0.445 e. The number of aromatic nitrogens is 3. The topological polar surface area (TPSA) is 98.1 Å². The van der Waals surface area contributed by atoms with E-state index in [2.05, 4.69) is 20.7 Å². The SMILES string of the molecule is O=C(N[C@@H]1C(=O)N[C@@H]1Cn1cncn1)OCc1ccccc1. The van der Waals surface area contributed by atoms with Crippen molar-refractivity contribution in [1.29, 1.82) is 0 Å². The second kappa shape index (κ2) is 6.25. The molecule has 22 heavy (non-hydrogen) atoms. The van der Waals surface area contributed by atoms with Crippen LogP contribution in [0.2, 0.25) is 0 Å². The Bertz CT molecular complexity index is 644. The number of carbonyl (C=O) groups is 2. The van der Waals surface area contributed by atoms with Gasteiger partial charge in [-0.05, 0) is 5.56 Å². The fourth-order valence-corrected chi connectivity index (χ4v) is 2.18. The molecule has 1 aromatic carbocycles. The smallest absolute Gasteiger partial charge is 0.408 e. The van der Waals surface area contributed by atoms with E-state index < -0.39 is 12.1 Å². The molecule has 8 nitrogen and oxygen atoms in total. The van der Waals surface area contributed by atoms with Crippen LogP contribution in [0.5, 0.6) is 0 Å². The number of β-lactam (4-membered cyclic amide) rings is 1. The van der Waals surface area contributed by atoms with Crippen LogP contribution in [0, 0.1) is 0 Å². The van der Waals surface area contributed by atoms with Gasteiger partial charge in [-0.2, -0.15) is 5.10 Å². The summed E-state index contributed by atoms with van der Waals surface area (Å²) in [5.41, 5.74) is 0.884. The van der Waals surface area contributed by atoms with E-state index in [1.54, 1.807) is 11.0 Å². The van der Waals surface area contributed by atoms with Crippen LogP contribution in [0.25, 0.3) is 0 Å². The predicted molar refractivity (Wildman–Crippen MR) is 75.5 cm³/mol. The maximum atomic E-state index is 11.8. The molecular weight excluding hydrogens is 286 g/mol. The molecule has 1 fully saturated rings. The molecule has 1 aliphatic heterocycles. The van der Waals surface area contributed by atoms with Gasteiger partial charge in [0.05, 0.1) is 12.6 Å². The van der Waals surface area contributed by atoms with E-state index in [-0.39, 0.29) is 18.6 Å². The number of amides is 2. The van der Waals surface area contributed by atoms with Crippen molar-refractivity contribution in [2.75, 3.05) is 0 Å². The number of nitrogens with one attached hydrogen (secondary N) is 2.